The Hall–Kier alpha value is -1.81. The van der Waals surface area contributed by atoms with Crippen LogP contribution < -0.4 is 10.1 Å². The highest BCUT2D eigenvalue weighted by molar-refractivity contribution is 9.10. The number of aryl methyl sites for hydroxylation is 1. The summed E-state index contributed by atoms with van der Waals surface area (Å²) in [5.41, 5.74) is 2.15. The summed E-state index contributed by atoms with van der Waals surface area (Å²) in [4.78, 5) is 11.8. The minimum atomic E-state index is 0.000872. The van der Waals surface area contributed by atoms with E-state index in [0.717, 1.165) is 21.3 Å². The lowest BCUT2D eigenvalue weighted by Gasteiger charge is -2.08. The number of nitrogens with one attached hydrogen (secondary N) is 1. The molecular formula is C17H18BrNO2. The van der Waals surface area contributed by atoms with Crippen LogP contribution >= 0.6 is 15.9 Å². The largest absolute Gasteiger partial charge is 0.492 e. The van der Waals surface area contributed by atoms with Crippen molar-refractivity contribution >= 4 is 21.8 Å². The van der Waals surface area contributed by atoms with Crippen LogP contribution in [0.25, 0.3) is 0 Å². The molecule has 0 saturated heterocycles. The molecule has 0 heterocycles. The minimum Gasteiger partial charge on any atom is -0.492 e. The Morgan fingerprint density at radius 1 is 1.19 bits per heavy atom. The summed E-state index contributed by atoms with van der Waals surface area (Å²) in [7, 11) is 0. The topological polar surface area (TPSA) is 38.3 Å². The van der Waals surface area contributed by atoms with Crippen molar-refractivity contribution in [3.8, 4) is 5.75 Å². The number of carbonyl (C=O) groups is 1. The van der Waals surface area contributed by atoms with Gasteiger partial charge in [-0.1, -0.05) is 40.2 Å². The molecule has 0 unspecified atom stereocenters. The van der Waals surface area contributed by atoms with Gasteiger partial charge in [-0.3, -0.25) is 4.79 Å². The Balaban J connectivity index is 1.70. The van der Waals surface area contributed by atoms with Gasteiger partial charge in [0, 0.05) is 4.47 Å². The molecule has 0 aliphatic rings. The Kier molecular flexibility index (Phi) is 5.81. The molecule has 1 amide bonds. The molecule has 2 rings (SSSR count). The summed E-state index contributed by atoms with van der Waals surface area (Å²) in [6.45, 7) is 2.99. The fourth-order valence-corrected chi connectivity index (χ4v) is 2.41. The number of benzene rings is 2. The summed E-state index contributed by atoms with van der Waals surface area (Å²) in [5, 5.41) is 2.86. The molecule has 0 bridgehead atoms. The number of rotatable bonds is 6. The molecule has 0 fully saturated rings. The average Bonchev–Trinajstić information content (AvgIpc) is 2.44. The van der Waals surface area contributed by atoms with Crippen LogP contribution in [0.5, 0.6) is 5.75 Å². The zero-order valence-corrected chi connectivity index (χ0v) is 13.5. The van der Waals surface area contributed by atoms with E-state index in [2.05, 4.69) is 21.2 Å². The maximum Gasteiger partial charge on any atom is 0.224 e. The van der Waals surface area contributed by atoms with Gasteiger partial charge in [0.2, 0.25) is 5.91 Å². The first-order valence-corrected chi connectivity index (χ1v) is 7.63. The third-order valence-corrected chi connectivity index (χ3v) is 3.43. The van der Waals surface area contributed by atoms with Gasteiger partial charge in [-0.2, -0.15) is 0 Å². The van der Waals surface area contributed by atoms with Crippen molar-refractivity contribution in [2.45, 2.75) is 13.3 Å². The van der Waals surface area contributed by atoms with Gasteiger partial charge < -0.3 is 10.1 Å². The predicted molar refractivity (Wildman–Crippen MR) is 87.5 cm³/mol. The first-order chi connectivity index (χ1) is 10.1. The Labute approximate surface area is 133 Å². The summed E-state index contributed by atoms with van der Waals surface area (Å²) in [6, 6.07) is 15.6. The second kappa shape index (κ2) is 7.84. The molecule has 0 aliphatic heterocycles. The standard InChI is InChI=1S/C17H18BrNO2/c1-13-4-2-7-16(10-13)21-9-8-19-17(20)12-14-5-3-6-15(18)11-14/h2-7,10-11H,8-9,12H2,1H3,(H,19,20). The van der Waals surface area contributed by atoms with E-state index >= 15 is 0 Å². The summed E-state index contributed by atoms with van der Waals surface area (Å²) < 4.78 is 6.57. The number of ether oxygens (including phenoxy) is 1. The highest BCUT2D eigenvalue weighted by Crippen LogP contribution is 2.12. The molecule has 2 aromatic carbocycles. The van der Waals surface area contributed by atoms with Crippen LogP contribution in [0.1, 0.15) is 11.1 Å². The maximum atomic E-state index is 11.8. The van der Waals surface area contributed by atoms with Crippen molar-refractivity contribution in [1.29, 1.82) is 0 Å². The molecule has 4 heteroatoms. The number of hydrogen-bond acceptors (Lipinski definition) is 2. The van der Waals surface area contributed by atoms with Crippen LogP contribution in [0.4, 0.5) is 0 Å². The Morgan fingerprint density at radius 2 is 2.00 bits per heavy atom. The van der Waals surface area contributed by atoms with E-state index in [-0.39, 0.29) is 5.91 Å². The number of amides is 1. The normalized spacial score (nSPS) is 10.2. The fourth-order valence-electron chi connectivity index (χ4n) is 1.96. The van der Waals surface area contributed by atoms with Crippen LogP contribution in [0, 0.1) is 6.92 Å². The van der Waals surface area contributed by atoms with Crippen LogP contribution in [0.3, 0.4) is 0 Å². The van der Waals surface area contributed by atoms with Crippen LogP contribution in [0.15, 0.2) is 53.0 Å². The number of halogens is 1. The van der Waals surface area contributed by atoms with Crippen molar-refractivity contribution < 1.29 is 9.53 Å². The predicted octanol–water partition coefficient (Wildman–Crippen LogP) is 3.50. The monoisotopic (exact) mass is 347 g/mol. The number of carbonyl (C=O) groups excluding carboxylic acids is 1. The zero-order chi connectivity index (χ0) is 15.1. The highest BCUT2D eigenvalue weighted by Gasteiger charge is 2.03. The van der Waals surface area contributed by atoms with E-state index in [4.69, 9.17) is 4.74 Å². The minimum absolute atomic E-state index is 0.000872. The molecule has 0 spiro atoms. The SMILES string of the molecule is Cc1cccc(OCCNC(=O)Cc2cccc(Br)c2)c1. The van der Waals surface area contributed by atoms with Gasteiger partial charge >= 0.3 is 0 Å². The first-order valence-electron chi connectivity index (χ1n) is 6.84. The van der Waals surface area contributed by atoms with Crippen LogP contribution in [-0.2, 0) is 11.2 Å². The van der Waals surface area contributed by atoms with Crippen LogP contribution in [0.2, 0.25) is 0 Å². The van der Waals surface area contributed by atoms with Gasteiger partial charge in [-0.05, 0) is 42.3 Å². The number of hydrogen-bond donors (Lipinski definition) is 1. The lowest BCUT2D eigenvalue weighted by atomic mass is 10.1. The van der Waals surface area contributed by atoms with Crippen molar-refractivity contribution in [2.75, 3.05) is 13.2 Å². The molecule has 0 saturated carbocycles. The van der Waals surface area contributed by atoms with Gasteiger partial charge in [0.15, 0.2) is 0 Å². The van der Waals surface area contributed by atoms with Crippen molar-refractivity contribution in [3.63, 3.8) is 0 Å². The smallest absolute Gasteiger partial charge is 0.224 e. The van der Waals surface area contributed by atoms with Gasteiger partial charge in [-0.25, -0.2) is 0 Å². The van der Waals surface area contributed by atoms with E-state index in [0.29, 0.717) is 19.6 Å². The second-order valence-corrected chi connectivity index (χ2v) is 5.74. The quantitative estimate of drug-likeness (QED) is 0.812. The van der Waals surface area contributed by atoms with Gasteiger partial charge in [-0.15, -0.1) is 0 Å². The molecule has 1 N–H and O–H groups in total. The summed E-state index contributed by atoms with van der Waals surface area (Å²) >= 11 is 3.40. The lowest BCUT2D eigenvalue weighted by molar-refractivity contribution is -0.120. The molecule has 0 aliphatic carbocycles. The summed E-state index contributed by atoms with van der Waals surface area (Å²) in [6.07, 6.45) is 0.379. The molecule has 110 valence electrons. The van der Waals surface area contributed by atoms with E-state index in [1.807, 2.05) is 55.5 Å². The maximum absolute atomic E-state index is 11.8. The molecule has 3 nitrogen and oxygen atoms in total. The zero-order valence-electron chi connectivity index (χ0n) is 11.9. The van der Waals surface area contributed by atoms with Crippen molar-refractivity contribution in [2.24, 2.45) is 0 Å². The molecule has 0 atom stereocenters. The lowest BCUT2D eigenvalue weighted by Crippen LogP contribution is -2.29. The molecule has 0 aromatic heterocycles. The highest BCUT2D eigenvalue weighted by atomic mass is 79.9. The molecule has 21 heavy (non-hydrogen) atoms. The van der Waals surface area contributed by atoms with E-state index in [1.165, 1.54) is 0 Å². The molecule has 2 aromatic rings. The second-order valence-electron chi connectivity index (χ2n) is 4.82. The third-order valence-electron chi connectivity index (χ3n) is 2.94. The van der Waals surface area contributed by atoms with E-state index in [1.54, 1.807) is 0 Å². The third kappa shape index (κ3) is 5.60. The van der Waals surface area contributed by atoms with Crippen molar-refractivity contribution in [3.05, 3.63) is 64.1 Å². The summed E-state index contributed by atoms with van der Waals surface area (Å²) in [5.74, 6) is 0.831. The fraction of sp³-hybridized carbons (Fsp3) is 0.235. The van der Waals surface area contributed by atoms with E-state index < -0.39 is 0 Å². The van der Waals surface area contributed by atoms with Gasteiger partial charge in [0.05, 0.1) is 13.0 Å². The van der Waals surface area contributed by atoms with Crippen LogP contribution in [-0.4, -0.2) is 19.1 Å². The van der Waals surface area contributed by atoms with Crippen molar-refractivity contribution in [1.82, 2.24) is 5.32 Å². The molecule has 0 radical (unpaired) electrons. The van der Waals surface area contributed by atoms with Gasteiger partial charge in [0.1, 0.15) is 12.4 Å². The first kappa shape index (κ1) is 15.6. The average molecular weight is 348 g/mol. The Bertz CT molecular complexity index is 613. The van der Waals surface area contributed by atoms with Gasteiger partial charge in [0.25, 0.3) is 0 Å². The molecular weight excluding hydrogens is 330 g/mol. The Morgan fingerprint density at radius 3 is 2.76 bits per heavy atom. The van der Waals surface area contributed by atoms with E-state index in [9.17, 15) is 4.79 Å².